The van der Waals surface area contributed by atoms with Gasteiger partial charge >= 0.3 is 6.18 Å². The Labute approximate surface area is 248 Å². The average molecular weight is 625 g/mol. The Morgan fingerprint density at radius 2 is 1.86 bits per heavy atom. The van der Waals surface area contributed by atoms with Crippen LogP contribution in [0.3, 0.4) is 0 Å². The number of hydrogen-bond donors (Lipinski definition) is 2. The summed E-state index contributed by atoms with van der Waals surface area (Å²) in [6.07, 6.45) is -2.71. The van der Waals surface area contributed by atoms with Crippen molar-refractivity contribution in [3.05, 3.63) is 82.0 Å². The van der Waals surface area contributed by atoms with E-state index in [1.165, 1.54) is 31.4 Å². The highest BCUT2D eigenvalue weighted by Gasteiger charge is 2.49. The summed E-state index contributed by atoms with van der Waals surface area (Å²) in [6, 6.07) is 6.84. The number of anilines is 2. The zero-order chi connectivity index (χ0) is 30.9. The summed E-state index contributed by atoms with van der Waals surface area (Å²) in [4.78, 5) is 31.4. The molecule has 2 fully saturated rings. The van der Waals surface area contributed by atoms with Crippen LogP contribution in [0.5, 0.6) is 5.75 Å². The van der Waals surface area contributed by atoms with E-state index < -0.39 is 65.1 Å². The molecule has 0 saturated carbocycles. The van der Waals surface area contributed by atoms with Gasteiger partial charge in [0.1, 0.15) is 34.8 Å². The van der Waals surface area contributed by atoms with E-state index >= 15 is 8.78 Å². The summed E-state index contributed by atoms with van der Waals surface area (Å²) in [7, 11) is 1.20. The quantitative estimate of drug-likeness (QED) is 0.319. The second-order valence-corrected chi connectivity index (χ2v) is 10.5. The third-order valence-electron chi connectivity index (χ3n) is 7.38. The van der Waals surface area contributed by atoms with Crippen LogP contribution in [0.15, 0.2) is 48.7 Å². The smallest absolute Gasteiger partial charge is 0.421 e. The summed E-state index contributed by atoms with van der Waals surface area (Å²) in [5.41, 5.74) is -2.10. The van der Waals surface area contributed by atoms with E-state index in [1.807, 2.05) is 0 Å². The molecule has 43 heavy (non-hydrogen) atoms. The van der Waals surface area contributed by atoms with Crippen LogP contribution in [0.1, 0.15) is 40.2 Å². The van der Waals surface area contributed by atoms with Gasteiger partial charge in [0, 0.05) is 60.1 Å². The number of aromatic nitrogens is 1. The Morgan fingerprint density at radius 1 is 1.16 bits per heavy atom. The van der Waals surface area contributed by atoms with E-state index in [2.05, 4.69) is 15.6 Å². The molecule has 1 aromatic heterocycles. The fourth-order valence-corrected chi connectivity index (χ4v) is 5.44. The number of amides is 2. The third-order valence-corrected chi connectivity index (χ3v) is 7.63. The van der Waals surface area contributed by atoms with Crippen molar-refractivity contribution in [1.82, 2.24) is 10.3 Å². The number of ether oxygens (including phenoxy) is 2. The van der Waals surface area contributed by atoms with Gasteiger partial charge in [-0.05, 0) is 43.2 Å². The lowest BCUT2D eigenvalue weighted by molar-refractivity contribution is -0.136. The Hall–Kier alpha value is -3.97. The van der Waals surface area contributed by atoms with Gasteiger partial charge in [0.2, 0.25) is 0 Å². The molecule has 0 spiro atoms. The highest BCUT2D eigenvalue weighted by molar-refractivity contribution is 6.30. The molecule has 3 aromatic rings. The number of halogens is 6. The fraction of sp³-hybridized carbons (Fsp3) is 0.345. The van der Waals surface area contributed by atoms with Crippen LogP contribution in [0.4, 0.5) is 33.5 Å². The van der Waals surface area contributed by atoms with Gasteiger partial charge in [0.25, 0.3) is 11.8 Å². The van der Waals surface area contributed by atoms with Crippen LogP contribution < -0.4 is 20.3 Å². The van der Waals surface area contributed by atoms with Gasteiger partial charge in [-0.25, -0.2) is 13.8 Å². The first-order valence-electron chi connectivity index (χ1n) is 13.3. The summed E-state index contributed by atoms with van der Waals surface area (Å²) in [6.45, 7) is -0.0215. The van der Waals surface area contributed by atoms with Gasteiger partial charge in [-0.15, -0.1) is 0 Å². The molecule has 5 rings (SSSR count). The van der Waals surface area contributed by atoms with Gasteiger partial charge in [-0.3, -0.25) is 14.5 Å². The first-order chi connectivity index (χ1) is 20.5. The lowest BCUT2D eigenvalue weighted by Crippen LogP contribution is -2.44. The number of methoxy groups -OCH3 is 1. The zero-order valence-electron chi connectivity index (χ0n) is 22.7. The minimum atomic E-state index is -4.97. The number of carbonyl (C=O) groups is 2. The number of hydrogen-bond acceptors (Lipinski definition) is 6. The summed E-state index contributed by atoms with van der Waals surface area (Å²) >= 11 is 5.89. The van der Waals surface area contributed by atoms with Crippen molar-refractivity contribution in [2.75, 3.05) is 37.0 Å². The fourth-order valence-electron chi connectivity index (χ4n) is 5.31. The van der Waals surface area contributed by atoms with Crippen LogP contribution in [0.2, 0.25) is 5.02 Å². The molecular weight excluding hydrogens is 599 g/mol. The standard InChI is InChI=1S/C29H26ClF5N4O4/c1-42-18-11-20(31)23(21(32)12-18)19-14-39(28(41)25(19)38-27(40)15-4-6-16(30)7-5-15)26-24(29(33,34)35)22(8-9-36-26)37-13-17-3-2-10-43-17/h4-9,11-12,17,19,25H,2-3,10,13-14H2,1H3,(H,36,37)(H,38,40)/t17?,19-,25-/m0/s1. The molecule has 0 bridgehead atoms. The molecule has 2 amide bonds. The Balaban J connectivity index is 1.55. The first-order valence-corrected chi connectivity index (χ1v) is 13.7. The van der Waals surface area contributed by atoms with E-state index in [9.17, 15) is 22.8 Å². The van der Waals surface area contributed by atoms with Crippen molar-refractivity contribution in [1.29, 1.82) is 0 Å². The molecule has 2 aromatic carbocycles. The second kappa shape index (κ2) is 12.3. The van der Waals surface area contributed by atoms with Crippen LogP contribution in [-0.4, -0.2) is 55.8 Å². The SMILES string of the molecule is COc1cc(F)c([C@@H]2CN(c3nccc(NCC4CCCO4)c3C(F)(F)F)C(=O)[C@H]2NC(=O)c2ccc(Cl)cc2)c(F)c1. The van der Waals surface area contributed by atoms with Gasteiger partial charge < -0.3 is 20.1 Å². The van der Waals surface area contributed by atoms with Gasteiger partial charge in [-0.1, -0.05) is 11.6 Å². The molecule has 2 N–H and O–H groups in total. The molecule has 14 heteroatoms. The van der Waals surface area contributed by atoms with Crippen molar-refractivity contribution in [3.63, 3.8) is 0 Å². The molecule has 3 heterocycles. The van der Waals surface area contributed by atoms with E-state index in [4.69, 9.17) is 21.1 Å². The van der Waals surface area contributed by atoms with Crippen molar-refractivity contribution in [2.24, 2.45) is 0 Å². The molecule has 8 nitrogen and oxygen atoms in total. The van der Waals surface area contributed by atoms with Crippen LogP contribution in [-0.2, 0) is 15.7 Å². The number of rotatable bonds is 8. The topological polar surface area (TPSA) is 92.8 Å². The predicted octanol–water partition coefficient (Wildman–Crippen LogP) is 5.56. The molecule has 2 aliphatic rings. The molecule has 0 aliphatic carbocycles. The number of pyridine rings is 1. The summed E-state index contributed by atoms with van der Waals surface area (Å²) < 4.78 is 84.5. The largest absolute Gasteiger partial charge is 0.497 e. The van der Waals surface area contributed by atoms with E-state index in [0.717, 1.165) is 30.8 Å². The predicted molar refractivity (Wildman–Crippen MR) is 147 cm³/mol. The Kier molecular flexibility index (Phi) is 8.74. The van der Waals surface area contributed by atoms with Crippen LogP contribution >= 0.6 is 11.6 Å². The number of benzene rings is 2. The molecule has 1 unspecified atom stereocenters. The molecular formula is C29H26ClF5N4O4. The van der Waals surface area contributed by atoms with Crippen LogP contribution in [0.25, 0.3) is 0 Å². The Morgan fingerprint density at radius 3 is 2.47 bits per heavy atom. The monoisotopic (exact) mass is 624 g/mol. The number of nitrogens with zero attached hydrogens (tertiary/aromatic N) is 2. The van der Waals surface area contributed by atoms with E-state index in [0.29, 0.717) is 23.0 Å². The lowest BCUT2D eigenvalue weighted by Gasteiger charge is -2.24. The third kappa shape index (κ3) is 6.37. The molecule has 2 saturated heterocycles. The maximum atomic E-state index is 15.3. The van der Waals surface area contributed by atoms with Crippen molar-refractivity contribution in [3.8, 4) is 5.75 Å². The van der Waals surface area contributed by atoms with E-state index in [-0.39, 0.29) is 29.6 Å². The highest BCUT2D eigenvalue weighted by atomic mass is 35.5. The maximum Gasteiger partial charge on any atom is 0.421 e. The minimum absolute atomic E-state index is 0.0690. The van der Waals surface area contributed by atoms with Gasteiger partial charge in [0.15, 0.2) is 0 Å². The first kappa shape index (κ1) is 30.5. The summed E-state index contributed by atoms with van der Waals surface area (Å²) in [5.74, 6) is -6.37. The normalized spacial score (nSPS) is 20.4. The van der Waals surface area contributed by atoms with Gasteiger partial charge in [0.05, 0.1) is 18.9 Å². The average Bonchev–Trinajstić information content (AvgIpc) is 3.59. The Bertz CT molecular complexity index is 1490. The number of alkyl halides is 3. The van der Waals surface area contributed by atoms with Crippen LogP contribution in [0, 0.1) is 11.6 Å². The lowest BCUT2D eigenvalue weighted by atomic mass is 9.92. The summed E-state index contributed by atoms with van der Waals surface area (Å²) in [5, 5.41) is 5.53. The minimum Gasteiger partial charge on any atom is -0.497 e. The molecule has 0 radical (unpaired) electrons. The molecule has 3 atom stereocenters. The van der Waals surface area contributed by atoms with Crippen molar-refractivity contribution >= 4 is 34.9 Å². The van der Waals surface area contributed by atoms with E-state index in [1.54, 1.807) is 0 Å². The zero-order valence-corrected chi connectivity index (χ0v) is 23.4. The number of nitrogens with one attached hydrogen (secondary N) is 2. The molecule has 2 aliphatic heterocycles. The van der Waals surface area contributed by atoms with Gasteiger partial charge in [-0.2, -0.15) is 13.2 Å². The van der Waals surface area contributed by atoms with Crippen molar-refractivity contribution in [2.45, 2.75) is 37.1 Å². The second-order valence-electron chi connectivity index (χ2n) is 10.1. The van der Waals surface area contributed by atoms with Crippen molar-refractivity contribution < 1.29 is 41.0 Å². The molecule has 228 valence electrons. The number of carbonyl (C=O) groups excluding carboxylic acids is 2. The maximum absolute atomic E-state index is 15.3. The highest BCUT2D eigenvalue weighted by Crippen LogP contribution is 2.44.